The van der Waals surface area contributed by atoms with Gasteiger partial charge in [-0.15, -0.1) is 0 Å². The number of benzene rings is 1. The number of halogens is 1. The molecular formula is C17H24ClN. The molecule has 2 saturated carbocycles. The first-order valence-corrected chi connectivity index (χ1v) is 8.05. The minimum Gasteiger partial charge on any atom is -0.313 e. The predicted octanol–water partition coefficient (Wildman–Crippen LogP) is 4.54. The molecule has 1 nitrogen and oxygen atoms in total. The number of rotatable bonds is 4. The van der Waals surface area contributed by atoms with Gasteiger partial charge in [-0.2, -0.15) is 0 Å². The van der Waals surface area contributed by atoms with Crippen molar-refractivity contribution in [1.29, 1.82) is 0 Å². The average molecular weight is 278 g/mol. The van der Waals surface area contributed by atoms with Gasteiger partial charge in [-0.3, -0.25) is 0 Å². The molecule has 0 heterocycles. The van der Waals surface area contributed by atoms with Crippen molar-refractivity contribution < 1.29 is 0 Å². The lowest BCUT2D eigenvalue weighted by molar-refractivity contribution is 0.233. The van der Waals surface area contributed by atoms with E-state index in [-0.39, 0.29) is 0 Å². The molecule has 2 aliphatic carbocycles. The van der Waals surface area contributed by atoms with Gasteiger partial charge in [-0.1, -0.05) is 30.7 Å². The van der Waals surface area contributed by atoms with Gasteiger partial charge in [0.25, 0.3) is 0 Å². The van der Waals surface area contributed by atoms with Crippen LogP contribution in [0.4, 0.5) is 0 Å². The highest BCUT2D eigenvalue weighted by atomic mass is 35.5. The van der Waals surface area contributed by atoms with Crippen LogP contribution in [-0.2, 0) is 5.41 Å². The van der Waals surface area contributed by atoms with Crippen LogP contribution in [0.25, 0.3) is 0 Å². The van der Waals surface area contributed by atoms with Crippen LogP contribution >= 0.6 is 11.6 Å². The zero-order chi connectivity index (χ0) is 13.3. The van der Waals surface area contributed by atoms with Crippen molar-refractivity contribution in [2.45, 2.75) is 56.9 Å². The Morgan fingerprint density at radius 1 is 1.11 bits per heavy atom. The monoisotopic (exact) mass is 277 g/mol. The molecule has 1 aromatic rings. The largest absolute Gasteiger partial charge is 0.313 e. The van der Waals surface area contributed by atoms with E-state index in [2.05, 4.69) is 24.4 Å². The highest BCUT2D eigenvalue weighted by molar-refractivity contribution is 6.30. The van der Waals surface area contributed by atoms with Gasteiger partial charge in [-0.25, -0.2) is 0 Å². The summed E-state index contributed by atoms with van der Waals surface area (Å²) in [5, 5.41) is 4.61. The van der Waals surface area contributed by atoms with Gasteiger partial charge in [0.2, 0.25) is 0 Å². The van der Waals surface area contributed by atoms with Crippen molar-refractivity contribution >= 4 is 11.6 Å². The fourth-order valence-corrected chi connectivity index (χ4v) is 3.44. The molecular weight excluding hydrogens is 254 g/mol. The Labute approximate surface area is 121 Å². The molecule has 0 unspecified atom stereocenters. The van der Waals surface area contributed by atoms with Crippen LogP contribution in [0.1, 0.15) is 51.0 Å². The number of hydrogen-bond donors (Lipinski definition) is 1. The van der Waals surface area contributed by atoms with E-state index in [1.807, 2.05) is 12.1 Å². The Hall–Kier alpha value is -0.530. The fraction of sp³-hybridized carbons (Fsp3) is 0.647. The van der Waals surface area contributed by atoms with Crippen LogP contribution in [0.2, 0.25) is 5.02 Å². The van der Waals surface area contributed by atoms with E-state index in [4.69, 9.17) is 11.6 Å². The van der Waals surface area contributed by atoms with Crippen LogP contribution in [-0.4, -0.2) is 12.6 Å². The number of nitrogens with one attached hydrogen (secondary N) is 1. The minimum atomic E-state index is 0.347. The first kappa shape index (κ1) is 13.5. The summed E-state index contributed by atoms with van der Waals surface area (Å²) in [6.45, 7) is 3.53. The molecule has 0 spiro atoms. The minimum absolute atomic E-state index is 0.347. The molecule has 0 bridgehead atoms. The topological polar surface area (TPSA) is 12.0 Å². The molecule has 0 aliphatic heterocycles. The third kappa shape index (κ3) is 3.14. The first-order valence-electron chi connectivity index (χ1n) is 7.67. The second-order valence-corrected chi connectivity index (χ2v) is 7.06. The third-order valence-electron chi connectivity index (χ3n) is 4.99. The summed E-state index contributed by atoms with van der Waals surface area (Å²) >= 11 is 6.04. The SMILES string of the molecule is CC1CCC(CNC2CC2)(c2ccc(Cl)cc2)CC1. The molecule has 0 radical (unpaired) electrons. The molecule has 0 saturated heterocycles. The molecule has 2 heteroatoms. The van der Waals surface area contributed by atoms with Crippen molar-refractivity contribution in [1.82, 2.24) is 5.32 Å². The third-order valence-corrected chi connectivity index (χ3v) is 5.25. The molecule has 1 N–H and O–H groups in total. The van der Waals surface area contributed by atoms with E-state index >= 15 is 0 Å². The Bertz CT molecular complexity index is 413. The van der Waals surface area contributed by atoms with E-state index < -0.39 is 0 Å². The zero-order valence-corrected chi connectivity index (χ0v) is 12.5. The Kier molecular flexibility index (Phi) is 3.86. The highest BCUT2D eigenvalue weighted by Gasteiger charge is 2.37. The molecule has 2 fully saturated rings. The predicted molar refractivity (Wildman–Crippen MR) is 81.8 cm³/mol. The molecule has 0 atom stereocenters. The van der Waals surface area contributed by atoms with Crippen LogP contribution in [0.15, 0.2) is 24.3 Å². The Balaban J connectivity index is 1.79. The first-order chi connectivity index (χ1) is 9.18. The normalized spacial score (nSPS) is 31.4. The summed E-state index contributed by atoms with van der Waals surface area (Å²) in [6, 6.07) is 9.38. The van der Waals surface area contributed by atoms with E-state index in [1.54, 1.807) is 0 Å². The highest BCUT2D eigenvalue weighted by Crippen LogP contribution is 2.42. The molecule has 104 valence electrons. The molecule has 1 aromatic carbocycles. The van der Waals surface area contributed by atoms with Gasteiger partial charge in [0.05, 0.1) is 0 Å². The van der Waals surface area contributed by atoms with Gasteiger partial charge in [0.1, 0.15) is 0 Å². The van der Waals surface area contributed by atoms with Gasteiger partial charge < -0.3 is 5.32 Å². The molecule has 0 aromatic heterocycles. The van der Waals surface area contributed by atoms with E-state index in [0.717, 1.165) is 23.5 Å². The van der Waals surface area contributed by atoms with E-state index in [0.29, 0.717) is 5.41 Å². The quantitative estimate of drug-likeness (QED) is 0.852. The fourth-order valence-electron chi connectivity index (χ4n) is 3.31. The summed E-state index contributed by atoms with van der Waals surface area (Å²) < 4.78 is 0. The maximum absolute atomic E-state index is 6.04. The van der Waals surface area contributed by atoms with Crippen molar-refractivity contribution in [3.05, 3.63) is 34.9 Å². The molecule has 19 heavy (non-hydrogen) atoms. The summed E-state index contributed by atoms with van der Waals surface area (Å²) in [5.74, 6) is 0.890. The lowest BCUT2D eigenvalue weighted by Crippen LogP contribution is -2.41. The second kappa shape index (κ2) is 5.46. The van der Waals surface area contributed by atoms with Crippen molar-refractivity contribution in [2.24, 2.45) is 5.92 Å². The standard InChI is InChI=1S/C17H24ClN/c1-13-8-10-17(11-9-13,12-19-16-6-7-16)14-2-4-15(18)5-3-14/h2-5,13,16,19H,6-12H2,1H3. The number of hydrogen-bond acceptors (Lipinski definition) is 1. The molecule has 2 aliphatic rings. The van der Waals surface area contributed by atoms with Gasteiger partial charge in [0, 0.05) is 23.0 Å². The maximum atomic E-state index is 6.04. The van der Waals surface area contributed by atoms with Crippen molar-refractivity contribution in [3.63, 3.8) is 0 Å². The Morgan fingerprint density at radius 3 is 2.32 bits per heavy atom. The molecule has 3 rings (SSSR count). The van der Waals surface area contributed by atoms with E-state index in [1.165, 1.54) is 44.1 Å². The molecule has 0 amide bonds. The van der Waals surface area contributed by atoms with Crippen LogP contribution < -0.4 is 5.32 Å². The maximum Gasteiger partial charge on any atom is 0.0406 e. The zero-order valence-electron chi connectivity index (χ0n) is 11.8. The summed E-state index contributed by atoms with van der Waals surface area (Å²) in [6.07, 6.45) is 8.08. The van der Waals surface area contributed by atoms with Crippen molar-refractivity contribution in [3.8, 4) is 0 Å². The lowest BCUT2D eigenvalue weighted by Gasteiger charge is -2.40. The summed E-state index contributed by atoms with van der Waals surface area (Å²) in [7, 11) is 0. The Morgan fingerprint density at radius 2 is 1.74 bits per heavy atom. The van der Waals surface area contributed by atoms with Gasteiger partial charge in [0.15, 0.2) is 0 Å². The lowest BCUT2D eigenvalue weighted by atomic mass is 9.67. The van der Waals surface area contributed by atoms with Crippen molar-refractivity contribution in [2.75, 3.05) is 6.54 Å². The second-order valence-electron chi connectivity index (χ2n) is 6.62. The average Bonchev–Trinajstić information content (AvgIpc) is 3.24. The summed E-state index contributed by atoms with van der Waals surface area (Å²) in [4.78, 5) is 0. The van der Waals surface area contributed by atoms with Crippen LogP contribution in [0, 0.1) is 5.92 Å². The van der Waals surface area contributed by atoms with E-state index in [9.17, 15) is 0 Å². The van der Waals surface area contributed by atoms with Gasteiger partial charge >= 0.3 is 0 Å². The summed E-state index contributed by atoms with van der Waals surface area (Å²) in [5.41, 5.74) is 1.83. The van der Waals surface area contributed by atoms with Crippen LogP contribution in [0.5, 0.6) is 0 Å². The van der Waals surface area contributed by atoms with Gasteiger partial charge in [-0.05, 0) is 62.1 Å². The smallest absolute Gasteiger partial charge is 0.0406 e. The van der Waals surface area contributed by atoms with Crippen LogP contribution in [0.3, 0.4) is 0 Å².